The second kappa shape index (κ2) is 7.10. The molecule has 0 N–H and O–H groups in total. The van der Waals surface area contributed by atoms with Crippen molar-refractivity contribution in [2.24, 2.45) is 0 Å². The van der Waals surface area contributed by atoms with Crippen LogP contribution in [0.5, 0.6) is 0 Å². The van der Waals surface area contributed by atoms with Gasteiger partial charge < -0.3 is 4.74 Å². The summed E-state index contributed by atoms with van der Waals surface area (Å²) in [6, 6.07) is 8.31. The number of carbonyl (C=O) groups excluding carboxylic acids is 1. The number of halogens is 1. The number of amides is 1. The fourth-order valence-corrected chi connectivity index (χ4v) is 2.95. The van der Waals surface area contributed by atoms with Gasteiger partial charge in [0.2, 0.25) is 0 Å². The third-order valence-electron chi connectivity index (χ3n) is 4.44. The number of tetrazole rings is 1. The van der Waals surface area contributed by atoms with Crippen molar-refractivity contribution in [1.82, 2.24) is 25.2 Å². The van der Waals surface area contributed by atoms with Gasteiger partial charge in [-0.25, -0.2) is 13.9 Å². The van der Waals surface area contributed by atoms with Crippen molar-refractivity contribution in [1.29, 1.82) is 0 Å². The van der Waals surface area contributed by atoms with Crippen molar-refractivity contribution in [3.05, 3.63) is 54.4 Å². The van der Waals surface area contributed by atoms with Crippen LogP contribution in [0.4, 0.5) is 14.9 Å². The van der Waals surface area contributed by atoms with Crippen molar-refractivity contribution in [2.45, 2.75) is 26.0 Å². The van der Waals surface area contributed by atoms with Crippen molar-refractivity contribution in [3.63, 3.8) is 0 Å². The molecule has 3 heterocycles. The Hall–Kier alpha value is -3.36. The minimum Gasteiger partial charge on any atom is -0.444 e. The first-order valence-corrected chi connectivity index (χ1v) is 8.58. The van der Waals surface area contributed by atoms with Crippen LogP contribution in [0, 0.1) is 5.82 Å². The van der Waals surface area contributed by atoms with Crippen LogP contribution >= 0.6 is 0 Å². The molecule has 1 aliphatic rings. The lowest BCUT2D eigenvalue weighted by molar-refractivity contribution is 0.139. The summed E-state index contributed by atoms with van der Waals surface area (Å²) in [5.41, 5.74) is 2.31. The van der Waals surface area contributed by atoms with Gasteiger partial charge in [-0.15, -0.1) is 5.10 Å². The average Bonchev–Trinajstić information content (AvgIpc) is 3.32. The van der Waals surface area contributed by atoms with Gasteiger partial charge in [0, 0.05) is 17.3 Å². The maximum atomic E-state index is 14.7. The average molecular weight is 368 g/mol. The Morgan fingerprint density at radius 1 is 1.30 bits per heavy atom. The Morgan fingerprint density at radius 2 is 2.19 bits per heavy atom. The summed E-state index contributed by atoms with van der Waals surface area (Å²) < 4.78 is 21.4. The van der Waals surface area contributed by atoms with Crippen LogP contribution in [0.1, 0.15) is 19.0 Å². The van der Waals surface area contributed by atoms with E-state index in [9.17, 15) is 9.18 Å². The molecule has 1 fully saturated rings. The molecule has 138 valence electrons. The van der Waals surface area contributed by atoms with E-state index in [2.05, 4.69) is 20.5 Å². The number of hydrogen-bond donors (Lipinski definition) is 0. The molecular weight excluding hydrogens is 351 g/mol. The fourth-order valence-electron chi connectivity index (χ4n) is 2.95. The smallest absolute Gasteiger partial charge is 0.414 e. The van der Waals surface area contributed by atoms with E-state index in [1.165, 1.54) is 17.3 Å². The Bertz CT molecular complexity index is 945. The van der Waals surface area contributed by atoms with Crippen LogP contribution in [0.3, 0.4) is 0 Å². The van der Waals surface area contributed by atoms with E-state index in [-0.39, 0.29) is 6.10 Å². The number of carbonyl (C=O) groups is 1. The molecule has 9 heteroatoms. The number of ether oxygens (including phenoxy) is 1. The Balaban J connectivity index is 1.53. The maximum absolute atomic E-state index is 14.7. The van der Waals surface area contributed by atoms with E-state index >= 15 is 0 Å². The van der Waals surface area contributed by atoms with Crippen molar-refractivity contribution < 1.29 is 13.9 Å². The predicted molar refractivity (Wildman–Crippen MR) is 94.5 cm³/mol. The highest BCUT2D eigenvalue weighted by molar-refractivity contribution is 5.90. The number of rotatable bonds is 5. The highest BCUT2D eigenvalue weighted by atomic mass is 19.1. The number of anilines is 1. The quantitative estimate of drug-likeness (QED) is 0.688. The normalized spacial score (nSPS) is 16.6. The van der Waals surface area contributed by atoms with Crippen LogP contribution in [0.2, 0.25) is 0 Å². The van der Waals surface area contributed by atoms with E-state index < -0.39 is 11.9 Å². The van der Waals surface area contributed by atoms with E-state index in [0.717, 1.165) is 12.1 Å². The zero-order valence-electron chi connectivity index (χ0n) is 14.6. The van der Waals surface area contributed by atoms with Gasteiger partial charge in [-0.2, -0.15) is 0 Å². The first-order chi connectivity index (χ1) is 13.1. The molecule has 4 rings (SSSR count). The molecule has 27 heavy (non-hydrogen) atoms. The van der Waals surface area contributed by atoms with Crippen molar-refractivity contribution in [2.75, 3.05) is 11.4 Å². The highest BCUT2D eigenvalue weighted by Crippen LogP contribution is 2.29. The summed E-state index contributed by atoms with van der Waals surface area (Å²) in [5.74, 6) is -0.421. The summed E-state index contributed by atoms with van der Waals surface area (Å²) in [7, 11) is 0. The number of benzene rings is 1. The highest BCUT2D eigenvalue weighted by Gasteiger charge is 2.31. The first kappa shape index (κ1) is 17.1. The molecule has 0 unspecified atom stereocenters. The topological polar surface area (TPSA) is 86.0 Å². The van der Waals surface area contributed by atoms with E-state index in [1.54, 1.807) is 35.1 Å². The third-order valence-corrected chi connectivity index (χ3v) is 4.44. The number of cyclic esters (lactones) is 1. The van der Waals surface area contributed by atoms with Gasteiger partial charge in [0.05, 0.1) is 24.5 Å². The largest absolute Gasteiger partial charge is 0.444 e. The Labute approximate surface area is 154 Å². The molecule has 1 saturated heterocycles. The molecule has 1 amide bonds. The maximum Gasteiger partial charge on any atom is 0.414 e. The summed E-state index contributed by atoms with van der Waals surface area (Å²) in [6.07, 6.45) is 3.24. The fraction of sp³-hybridized carbons (Fsp3) is 0.278. The molecule has 0 aliphatic carbocycles. The van der Waals surface area contributed by atoms with Gasteiger partial charge in [0.15, 0.2) is 0 Å². The molecule has 1 atom stereocenters. The van der Waals surface area contributed by atoms with Gasteiger partial charge >= 0.3 is 6.09 Å². The predicted octanol–water partition coefficient (Wildman–Crippen LogP) is 2.66. The Morgan fingerprint density at radius 3 is 2.81 bits per heavy atom. The van der Waals surface area contributed by atoms with Gasteiger partial charge in [0.1, 0.15) is 18.2 Å². The van der Waals surface area contributed by atoms with Crippen LogP contribution < -0.4 is 4.90 Å². The van der Waals surface area contributed by atoms with Gasteiger partial charge in [-0.05, 0) is 41.1 Å². The minimum absolute atomic E-state index is 0.155. The van der Waals surface area contributed by atoms with E-state index in [4.69, 9.17) is 4.74 Å². The van der Waals surface area contributed by atoms with Crippen LogP contribution in [0.25, 0.3) is 11.1 Å². The third kappa shape index (κ3) is 3.48. The molecule has 8 nitrogen and oxygen atoms in total. The van der Waals surface area contributed by atoms with Gasteiger partial charge in [-0.3, -0.25) is 9.88 Å². The minimum atomic E-state index is -0.442. The summed E-state index contributed by atoms with van der Waals surface area (Å²) in [5, 5.41) is 10.9. The molecule has 3 aromatic rings. The lowest BCUT2D eigenvalue weighted by atomic mass is 10.1. The van der Waals surface area contributed by atoms with Gasteiger partial charge in [0.25, 0.3) is 0 Å². The monoisotopic (exact) mass is 368 g/mol. The molecule has 0 spiro atoms. The summed E-state index contributed by atoms with van der Waals surface area (Å²) in [6.45, 7) is 2.81. The van der Waals surface area contributed by atoms with E-state index in [1.807, 2.05) is 6.92 Å². The van der Waals surface area contributed by atoms with Gasteiger partial charge in [-0.1, -0.05) is 13.0 Å². The summed E-state index contributed by atoms with van der Waals surface area (Å²) >= 11 is 0. The van der Waals surface area contributed by atoms with Crippen molar-refractivity contribution in [3.8, 4) is 11.1 Å². The second-order valence-electron chi connectivity index (χ2n) is 6.23. The SMILES string of the molecule is CC[C@H]1CN(c2ccc(-c3ccc(Cn4cnnn4)nc3)c(F)c2)C(=O)O1. The number of pyridine rings is 1. The standard InChI is InChI=1S/C18H17FN6O2/c1-2-15-10-25(18(26)27-15)14-5-6-16(17(19)7-14)12-3-4-13(20-8-12)9-24-11-21-22-23-24/h3-8,11,15H,2,9-10H2,1H3/t15-/m0/s1. The molecule has 2 aromatic heterocycles. The summed E-state index contributed by atoms with van der Waals surface area (Å²) in [4.78, 5) is 17.7. The molecule has 0 saturated carbocycles. The molecular formula is C18H17FN6O2. The molecule has 0 radical (unpaired) electrons. The van der Waals surface area contributed by atoms with Crippen LogP contribution in [-0.2, 0) is 11.3 Å². The second-order valence-corrected chi connectivity index (χ2v) is 6.23. The zero-order valence-corrected chi connectivity index (χ0v) is 14.6. The van der Waals surface area contributed by atoms with Crippen molar-refractivity contribution >= 4 is 11.8 Å². The molecule has 1 aromatic carbocycles. The van der Waals surface area contributed by atoms with E-state index in [0.29, 0.717) is 29.9 Å². The number of hydrogen-bond acceptors (Lipinski definition) is 6. The molecule has 0 bridgehead atoms. The first-order valence-electron chi connectivity index (χ1n) is 8.58. The molecule has 1 aliphatic heterocycles. The van der Waals surface area contributed by atoms with Crippen LogP contribution in [0.15, 0.2) is 42.9 Å². The Kier molecular flexibility index (Phi) is 4.49. The lowest BCUT2D eigenvalue weighted by Gasteiger charge is -2.14. The lowest BCUT2D eigenvalue weighted by Crippen LogP contribution is -2.24. The number of nitrogens with zero attached hydrogens (tertiary/aromatic N) is 6. The van der Waals surface area contributed by atoms with Crippen LogP contribution in [-0.4, -0.2) is 43.9 Å². The zero-order chi connectivity index (χ0) is 18.8. The number of aromatic nitrogens is 5.